The molecule has 1 aliphatic heterocycles. The van der Waals surface area contributed by atoms with Gasteiger partial charge in [-0.3, -0.25) is 14.4 Å². The van der Waals surface area contributed by atoms with Crippen molar-refractivity contribution in [2.24, 2.45) is 7.05 Å². The van der Waals surface area contributed by atoms with Gasteiger partial charge in [0.25, 0.3) is 5.91 Å². The molecule has 2 aromatic heterocycles. The van der Waals surface area contributed by atoms with Gasteiger partial charge in [-0.05, 0) is 12.1 Å². The second-order valence-corrected chi connectivity index (χ2v) is 7.71. The predicted octanol–water partition coefficient (Wildman–Crippen LogP) is 1.27. The minimum Gasteiger partial charge on any atom is -0.494 e. The van der Waals surface area contributed by atoms with E-state index in [0.717, 1.165) is 0 Å². The molecule has 2 N–H and O–H groups in total. The number of hydrogen-bond acceptors (Lipinski definition) is 9. The number of amides is 3. The van der Waals surface area contributed by atoms with E-state index in [1.165, 1.54) is 11.9 Å². The molecule has 4 rings (SSSR count). The number of nitrogens with one attached hydrogen (secondary N) is 2. The number of carbonyl (C=O) groups is 2. The number of anilines is 3. The number of ether oxygens (including phenoxy) is 2. The lowest BCUT2D eigenvalue weighted by Gasteiger charge is -2.19. The molecule has 0 spiro atoms. The normalized spacial score (nSPS) is 13.3. The predicted molar refractivity (Wildman–Crippen MR) is 128 cm³/mol. The molecule has 1 aromatic carbocycles. The fraction of sp³-hybridized carbons (Fsp3) is 0.364. The quantitative estimate of drug-likeness (QED) is 0.462. The summed E-state index contributed by atoms with van der Waals surface area (Å²) < 4.78 is 12.3. The SMILES string of the molecule is CNC(=O)c1nnc(N2CCN(CCOC)C2=O)cc1Nc1cccc(-c2ncn(C)n2)c1OC. The van der Waals surface area contributed by atoms with E-state index in [-0.39, 0.29) is 11.7 Å². The molecule has 184 valence electrons. The number of para-hydroxylation sites is 1. The molecule has 0 aliphatic carbocycles. The summed E-state index contributed by atoms with van der Waals surface area (Å²) in [7, 11) is 6.42. The van der Waals surface area contributed by atoms with Gasteiger partial charge in [0.05, 0.1) is 30.7 Å². The van der Waals surface area contributed by atoms with Crippen molar-refractivity contribution in [1.82, 2.24) is 35.2 Å². The second kappa shape index (κ2) is 10.3. The van der Waals surface area contributed by atoms with E-state index in [4.69, 9.17) is 9.47 Å². The van der Waals surface area contributed by atoms with Gasteiger partial charge < -0.3 is 25.0 Å². The number of aryl methyl sites for hydroxylation is 1. The minimum atomic E-state index is -0.428. The zero-order chi connectivity index (χ0) is 24.9. The van der Waals surface area contributed by atoms with Crippen LogP contribution in [0.2, 0.25) is 0 Å². The fourth-order valence-electron chi connectivity index (χ4n) is 3.74. The highest BCUT2D eigenvalue weighted by molar-refractivity contribution is 6.00. The summed E-state index contributed by atoms with van der Waals surface area (Å²) in [5.41, 5.74) is 1.67. The average molecular weight is 482 g/mol. The van der Waals surface area contributed by atoms with E-state index in [2.05, 4.69) is 30.9 Å². The van der Waals surface area contributed by atoms with Gasteiger partial charge in [0, 0.05) is 46.9 Å². The first kappa shape index (κ1) is 23.9. The largest absolute Gasteiger partial charge is 0.494 e. The molecule has 0 atom stereocenters. The maximum atomic E-state index is 12.9. The number of hydrogen-bond donors (Lipinski definition) is 2. The van der Waals surface area contributed by atoms with Crippen LogP contribution < -0.4 is 20.3 Å². The standard InChI is InChI=1S/C22H27N9O4/c1-23-21(32)18-16(12-17(26-27-18)31-9-8-30(22(31)33)10-11-34-3)25-15-7-5-6-14(19(15)35-4)20-24-13-29(2)28-20/h5-7,12-13H,8-11H2,1-4H3,(H,23,32)(H,25,26). The third-order valence-corrected chi connectivity index (χ3v) is 5.49. The van der Waals surface area contributed by atoms with Gasteiger partial charge in [-0.25, -0.2) is 9.78 Å². The molecule has 13 nitrogen and oxygen atoms in total. The first-order valence-corrected chi connectivity index (χ1v) is 10.9. The van der Waals surface area contributed by atoms with E-state index < -0.39 is 5.91 Å². The van der Waals surface area contributed by atoms with Gasteiger partial charge in [0.2, 0.25) is 0 Å². The maximum absolute atomic E-state index is 12.9. The van der Waals surface area contributed by atoms with E-state index in [0.29, 0.717) is 60.6 Å². The third-order valence-electron chi connectivity index (χ3n) is 5.49. The summed E-state index contributed by atoms with van der Waals surface area (Å²) in [4.78, 5) is 32.9. The number of nitrogens with zero attached hydrogens (tertiary/aromatic N) is 7. The lowest BCUT2D eigenvalue weighted by Crippen LogP contribution is -2.34. The third kappa shape index (κ3) is 4.84. The Morgan fingerprint density at radius 3 is 2.69 bits per heavy atom. The van der Waals surface area contributed by atoms with E-state index >= 15 is 0 Å². The van der Waals surface area contributed by atoms with Crippen molar-refractivity contribution in [1.29, 1.82) is 0 Å². The molecule has 0 saturated carbocycles. The van der Waals surface area contributed by atoms with Gasteiger partial charge >= 0.3 is 6.03 Å². The molecule has 0 unspecified atom stereocenters. The van der Waals surface area contributed by atoms with Gasteiger partial charge in [-0.2, -0.15) is 5.10 Å². The van der Waals surface area contributed by atoms with Crippen LogP contribution in [0.15, 0.2) is 30.6 Å². The lowest BCUT2D eigenvalue weighted by molar-refractivity contribution is 0.0958. The number of aromatic nitrogens is 5. The Morgan fingerprint density at radius 1 is 1.17 bits per heavy atom. The Balaban J connectivity index is 1.70. The number of urea groups is 1. The molecular formula is C22H27N9O4. The van der Waals surface area contributed by atoms with Crippen LogP contribution in [0.3, 0.4) is 0 Å². The molecule has 0 radical (unpaired) electrons. The summed E-state index contributed by atoms with van der Waals surface area (Å²) >= 11 is 0. The summed E-state index contributed by atoms with van der Waals surface area (Å²) in [6.07, 6.45) is 1.60. The highest BCUT2D eigenvalue weighted by atomic mass is 16.5. The summed E-state index contributed by atoms with van der Waals surface area (Å²) in [5.74, 6) is 0.879. The van der Waals surface area contributed by atoms with Crippen molar-refractivity contribution < 1.29 is 19.1 Å². The highest BCUT2D eigenvalue weighted by Crippen LogP contribution is 2.37. The lowest BCUT2D eigenvalue weighted by atomic mass is 10.1. The van der Waals surface area contributed by atoms with Crippen molar-refractivity contribution >= 4 is 29.1 Å². The first-order valence-electron chi connectivity index (χ1n) is 10.9. The fourth-order valence-corrected chi connectivity index (χ4v) is 3.74. The molecule has 13 heteroatoms. The van der Waals surface area contributed by atoms with Crippen LogP contribution >= 0.6 is 0 Å². The van der Waals surface area contributed by atoms with E-state index in [1.807, 2.05) is 12.1 Å². The summed E-state index contributed by atoms with van der Waals surface area (Å²) in [6.45, 7) is 1.90. The Morgan fingerprint density at radius 2 is 2.00 bits per heavy atom. The van der Waals surface area contributed by atoms with Gasteiger partial charge in [0.15, 0.2) is 23.1 Å². The molecule has 1 fully saturated rings. The molecule has 35 heavy (non-hydrogen) atoms. The number of benzene rings is 1. The minimum absolute atomic E-state index is 0.0718. The zero-order valence-electron chi connectivity index (χ0n) is 20.0. The molecule has 3 amide bonds. The smallest absolute Gasteiger partial charge is 0.325 e. The Bertz CT molecular complexity index is 1230. The summed E-state index contributed by atoms with van der Waals surface area (Å²) in [6, 6.07) is 6.89. The maximum Gasteiger partial charge on any atom is 0.325 e. The Hall–Kier alpha value is -4.26. The van der Waals surface area contributed by atoms with Gasteiger partial charge in [-0.1, -0.05) is 6.07 Å². The van der Waals surface area contributed by atoms with Gasteiger partial charge in [0.1, 0.15) is 6.33 Å². The topological polar surface area (TPSA) is 140 Å². The molecular weight excluding hydrogens is 454 g/mol. The van der Waals surface area contributed by atoms with E-state index in [9.17, 15) is 9.59 Å². The van der Waals surface area contributed by atoms with Crippen molar-refractivity contribution in [2.45, 2.75) is 0 Å². The second-order valence-electron chi connectivity index (χ2n) is 7.71. The molecule has 0 bridgehead atoms. The van der Waals surface area contributed by atoms with Crippen molar-refractivity contribution in [3.63, 3.8) is 0 Å². The van der Waals surface area contributed by atoms with Gasteiger partial charge in [-0.15, -0.1) is 10.2 Å². The van der Waals surface area contributed by atoms with Crippen molar-refractivity contribution in [3.8, 4) is 17.1 Å². The summed E-state index contributed by atoms with van der Waals surface area (Å²) in [5, 5.41) is 18.4. The van der Waals surface area contributed by atoms with Crippen LogP contribution in [0.4, 0.5) is 22.0 Å². The monoisotopic (exact) mass is 481 g/mol. The van der Waals surface area contributed by atoms with Crippen LogP contribution in [-0.2, 0) is 11.8 Å². The number of methoxy groups -OCH3 is 2. The highest BCUT2D eigenvalue weighted by Gasteiger charge is 2.31. The van der Waals surface area contributed by atoms with E-state index in [1.54, 1.807) is 49.3 Å². The Labute approximate surface area is 202 Å². The zero-order valence-corrected chi connectivity index (χ0v) is 20.0. The van der Waals surface area contributed by atoms with Crippen molar-refractivity contribution in [2.75, 3.05) is 57.7 Å². The molecule has 3 aromatic rings. The number of carbonyl (C=O) groups excluding carboxylic acids is 2. The van der Waals surface area contributed by atoms with Crippen molar-refractivity contribution in [3.05, 3.63) is 36.3 Å². The Kier molecular flexibility index (Phi) is 7.06. The first-order chi connectivity index (χ1) is 17.0. The average Bonchev–Trinajstić information content (AvgIpc) is 3.47. The molecule has 3 heterocycles. The van der Waals surface area contributed by atoms with Crippen LogP contribution in [0, 0.1) is 0 Å². The van der Waals surface area contributed by atoms with Crippen LogP contribution in [0.1, 0.15) is 10.5 Å². The van der Waals surface area contributed by atoms with Crippen LogP contribution in [0.25, 0.3) is 11.4 Å². The molecule has 1 aliphatic rings. The van der Waals surface area contributed by atoms with Crippen LogP contribution in [-0.4, -0.2) is 89.3 Å². The number of rotatable bonds is 9. The molecule has 1 saturated heterocycles. The van der Waals surface area contributed by atoms with Crippen LogP contribution in [0.5, 0.6) is 5.75 Å².